The van der Waals surface area contributed by atoms with E-state index in [-0.39, 0.29) is 17.7 Å². The molecule has 0 fully saturated rings. The van der Waals surface area contributed by atoms with Crippen LogP contribution < -0.4 is 16.0 Å². The van der Waals surface area contributed by atoms with Crippen molar-refractivity contribution in [1.29, 1.82) is 0 Å². The molecule has 0 saturated carbocycles. The first kappa shape index (κ1) is 24.5. The van der Waals surface area contributed by atoms with Crippen molar-refractivity contribution in [3.05, 3.63) is 65.4 Å². The van der Waals surface area contributed by atoms with Gasteiger partial charge in [0.1, 0.15) is 11.7 Å². The van der Waals surface area contributed by atoms with Crippen LogP contribution >= 0.6 is 0 Å². The number of aromatic nitrogens is 1. The summed E-state index contributed by atoms with van der Waals surface area (Å²) in [7, 11) is 1.27. The van der Waals surface area contributed by atoms with Crippen molar-refractivity contribution in [3.63, 3.8) is 0 Å². The fourth-order valence-electron chi connectivity index (χ4n) is 3.32. The first-order valence-corrected chi connectivity index (χ1v) is 10.8. The van der Waals surface area contributed by atoms with E-state index >= 15 is 0 Å². The van der Waals surface area contributed by atoms with Gasteiger partial charge in [-0.05, 0) is 43.5 Å². The molecule has 0 spiro atoms. The molecule has 178 valence electrons. The number of ether oxygens (including phenoxy) is 1. The van der Waals surface area contributed by atoms with Gasteiger partial charge < -0.3 is 25.2 Å². The zero-order valence-corrected chi connectivity index (χ0v) is 19.8. The first-order valence-electron chi connectivity index (χ1n) is 10.8. The minimum atomic E-state index is -0.800. The fraction of sp³-hybridized carbons (Fsp3) is 0.280. The molecule has 0 aliphatic heterocycles. The Morgan fingerprint density at radius 3 is 2.29 bits per heavy atom. The van der Waals surface area contributed by atoms with Crippen molar-refractivity contribution in [2.75, 3.05) is 17.7 Å². The van der Waals surface area contributed by atoms with E-state index in [1.54, 1.807) is 38.1 Å². The molecule has 0 saturated heterocycles. The van der Waals surface area contributed by atoms with E-state index in [1.165, 1.54) is 13.2 Å². The van der Waals surface area contributed by atoms with Gasteiger partial charge in [0.15, 0.2) is 0 Å². The van der Waals surface area contributed by atoms with Crippen LogP contribution in [0.1, 0.15) is 35.5 Å². The number of carbonyl (C=O) groups excluding carboxylic acids is 3. The Hall–Kier alpha value is -4.14. The molecule has 9 heteroatoms. The fourth-order valence-corrected chi connectivity index (χ4v) is 3.32. The first-order chi connectivity index (χ1) is 16.2. The molecule has 3 rings (SSSR count). The number of hydrogen-bond donors (Lipinski definition) is 3. The van der Waals surface area contributed by atoms with E-state index in [4.69, 9.17) is 9.26 Å². The summed E-state index contributed by atoms with van der Waals surface area (Å²) in [5.74, 6) is -1.29. The number of esters is 1. The van der Waals surface area contributed by atoms with Crippen molar-refractivity contribution in [3.8, 4) is 11.3 Å². The number of hydrogen-bond acceptors (Lipinski definition) is 6. The van der Waals surface area contributed by atoms with E-state index < -0.39 is 17.9 Å². The molecular formula is C25H28N4O5. The number of carbonyl (C=O) groups is 3. The number of benzene rings is 2. The molecular weight excluding hydrogens is 436 g/mol. The maximum absolute atomic E-state index is 12.5. The van der Waals surface area contributed by atoms with Crippen LogP contribution in [0.15, 0.2) is 53.1 Å². The van der Waals surface area contributed by atoms with Gasteiger partial charge >= 0.3 is 12.0 Å². The monoisotopic (exact) mass is 464 g/mol. The molecule has 3 aromatic rings. The lowest BCUT2D eigenvalue weighted by Gasteiger charge is -2.18. The highest BCUT2D eigenvalue weighted by atomic mass is 16.5. The van der Waals surface area contributed by atoms with Crippen molar-refractivity contribution >= 4 is 29.3 Å². The highest BCUT2D eigenvalue weighted by Gasteiger charge is 2.27. The second kappa shape index (κ2) is 10.7. The normalized spacial score (nSPS) is 11.6. The summed E-state index contributed by atoms with van der Waals surface area (Å²) in [6.07, 6.45) is 0. The van der Waals surface area contributed by atoms with Crippen LogP contribution in [0.2, 0.25) is 0 Å². The summed E-state index contributed by atoms with van der Waals surface area (Å²) in [4.78, 5) is 36.7. The second-order valence-corrected chi connectivity index (χ2v) is 8.27. The van der Waals surface area contributed by atoms with Crippen LogP contribution in [0.4, 0.5) is 16.2 Å². The molecule has 3 N–H and O–H groups in total. The topological polar surface area (TPSA) is 123 Å². The summed E-state index contributed by atoms with van der Waals surface area (Å²) in [6, 6.07) is 13.1. The Morgan fingerprint density at radius 1 is 0.971 bits per heavy atom. The van der Waals surface area contributed by atoms with Gasteiger partial charge in [0, 0.05) is 23.0 Å². The van der Waals surface area contributed by atoms with Gasteiger partial charge in [0.2, 0.25) is 5.76 Å². The molecule has 0 aliphatic rings. The Bertz CT molecular complexity index is 1180. The Morgan fingerprint density at radius 2 is 1.68 bits per heavy atom. The Kier molecular flexibility index (Phi) is 7.68. The Balaban J connectivity index is 1.63. The highest BCUT2D eigenvalue weighted by molar-refractivity contribution is 6.00. The minimum absolute atomic E-state index is 0.0281. The van der Waals surface area contributed by atoms with Crippen LogP contribution in [-0.2, 0) is 9.53 Å². The second-order valence-electron chi connectivity index (χ2n) is 8.27. The summed E-state index contributed by atoms with van der Waals surface area (Å²) in [5.41, 5.74) is 4.55. The smallest absolute Gasteiger partial charge is 0.328 e. The highest BCUT2D eigenvalue weighted by Crippen LogP contribution is 2.22. The maximum atomic E-state index is 12.5. The zero-order chi connectivity index (χ0) is 24.8. The van der Waals surface area contributed by atoms with Crippen LogP contribution in [0, 0.1) is 19.8 Å². The van der Waals surface area contributed by atoms with Crippen LogP contribution in [0.25, 0.3) is 11.3 Å². The van der Waals surface area contributed by atoms with Gasteiger partial charge in [0.25, 0.3) is 5.91 Å². The van der Waals surface area contributed by atoms with E-state index in [9.17, 15) is 14.4 Å². The number of aryl methyl sites for hydroxylation is 2. The summed E-state index contributed by atoms with van der Waals surface area (Å²) < 4.78 is 9.89. The number of anilines is 2. The average molecular weight is 465 g/mol. The summed E-state index contributed by atoms with van der Waals surface area (Å²) >= 11 is 0. The molecule has 0 radical (unpaired) electrons. The average Bonchev–Trinajstić information content (AvgIpc) is 3.29. The number of nitrogens with one attached hydrogen (secondary N) is 3. The predicted octanol–water partition coefficient (Wildman–Crippen LogP) is 4.53. The maximum Gasteiger partial charge on any atom is 0.328 e. The number of methoxy groups -OCH3 is 1. The van der Waals surface area contributed by atoms with E-state index in [2.05, 4.69) is 21.1 Å². The molecule has 34 heavy (non-hydrogen) atoms. The number of urea groups is 1. The predicted molar refractivity (Wildman–Crippen MR) is 129 cm³/mol. The molecule has 2 aromatic carbocycles. The molecule has 1 aromatic heterocycles. The van der Waals surface area contributed by atoms with E-state index in [0.29, 0.717) is 16.9 Å². The largest absolute Gasteiger partial charge is 0.467 e. The quantitative estimate of drug-likeness (QED) is 0.442. The third-order valence-corrected chi connectivity index (χ3v) is 5.21. The molecule has 0 bridgehead atoms. The molecule has 9 nitrogen and oxygen atoms in total. The molecule has 3 amide bonds. The molecule has 1 unspecified atom stereocenters. The molecule has 1 atom stereocenters. The number of amides is 3. The van der Waals surface area contributed by atoms with Gasteiger partial charge in [-0.1, -0.05) is 48.8 Å². The molecule has 0 aliphatic carbocycles. The summed E-state index contributed by atoms with van der Waals surface area (Å²) in [5, 5.41) is 12.1. The van der Waals surface area contributed by atoms with Crippen LogP contribution in [-0.4, -0.2) is 36.2 Å². The van der Waals surface area contributed by atoms with Gasteiger partial charge in [-0.15, -0.1) is 0 Å². The SMILES string of the molecule is COC(=O)C(NC(=O)c1cc(-c2ccc(NC(=O)Nc3ccc(C)cc3C)cc2)no1)C(C)C. The summed E-state index contributed by atoms with van der Waals surface area (Å²) in [6.45, 7) is 7.52. The van der Waals surface area contributed by atoms with Crippen molar-refractivity contribution in [2.45, 2.75) is 33.7 Å². The lowest BCUT2D eigenvalue weighted by Crippen LogP contribution is -2.44. The zero-order valence-electron chi connectivity index (χ0n) is 19.8. The standard InChI is InChI=1S/C25H28N4O5/c1-14(2)22(24(31)33-5)28-23(30)21-13-20(29-34-21)17-7-9-18(10-8-17)26-25(32)27-19-11-6-15(3)12-16(19)4/h6-14,22H,1-5H3,(H,28,30)(H2,26,27,32). The minimum Gasteiger partial charge on any atom is -0.467 e. The lowest BCUT2D eigenvalue weighted by atomic mass is 10.0. The molecule has 1 heterocycles. The van der Waals surface area contributed by atoms with E-state index in [0.717, 1.165) is 16.8 Å². The van der Waals surface area contributed by atoms with Gasteiger partial charge in [-0.25, -0.2) is 9.59 Å². The number of rotatable bonds is 7. The van der Waals surface area contributed by atoms with Crippen molar-refractivity contribution in [2.24, 2.45) is 5.92 Å². The Labute approximate surface area is 197 Å². The van der Waals surface area contributed by atoms with Crippen LogP contribution in [0.3, 0.4) is 0 Å². The van der Waals surface area contributed by atoms with E-state index in [1.807, 2.05) is 32.0 Å². The van der Waals surface area contributed by atoms with Gasteiger partial charge in [0.05, 0.1) is 7.11 Å². The van der Waals surface area contributed by atoms with Crippen molar-refractivity contribution < 1.29 is 23.6 Å². The lowest BCUT2D eigenvalue weighted by molar-refractivity contribution is -0.144. The number of nitrogens with zero attached hydrogens (tertiary/aromatic N) is 1. The third kappa shape index (κ3) is 6.00. The van der Waals surface area contributed by atoms with Gasteiger partial charge in [-0.3, -0.25) is 4.79 Å². The third-order valence-electron chi connectivity index (χ3n) is 5.21. The van der Waals surface area contributed by atoms with Crippen molar-refractivity contribution in [1.82, 2.24) is 10.5 Å². The van der Waals surface area contributed by atoms with Crippen LogP contribution in [0.5, 0.6) is 0 Å². The van der Waals surface area contributed by atoms with Gasteiger partial charge in [-0.2, -0.15) is 0 Å².